The molecular formula is C21H28N3O3S+. The van der Waals surface area contributed by atoms with Crippen LogP contribution in [-0.2, 0) is 23.1 Å². The first-order chi connectivity index (χ1) is 13.4. The Kier molecular flexibility index (Phi) is 6.49. The Bertz CT molecular complexity index is 901. The number of amides is 1. The zero-order valence-electron chi connectivity index (χ0n) is 16.4. The molecule has 0 radical (unpaired) electrons. The molecule has 1 fully saturated rings. The Balaban J connectivity index is 1.59. The van der Waals surface area contributed by atoms with Crippen molar-refractivity contribution in [2.75, 3.05) is 27.2 Å². The fraction of sp³-hybridized carbons (Fsp3) is 0.381. The van der Waals surface area contributed by atoms with Gasteiger partial charge in [0.2, 0.25) is 10.0 Å². The summed E-state index contributed by atoms with van der Waals surface area (Å²) < 4.78 is 26.6. The molecule has 1 aliphatic heterocycles. The van der Waals surface area contributed by atoms with Crippen molar-refractivity contribution < 1.29 is 18.1 Å². The topological polar surface area (TPSA) is 70.9 Å². The number of hydrogen-bond donors (Lipinski definition) is 2. The second-order valence-corrected chi connectivity index (χ2v) is 9.46. The van der Waals surface area contributed by atoms with Crippen LogP contribution in [0, 0.1) is 0 Å². The lowest BCUT2D eigenvalue weighted by atomic mass is 10.1. The molecule has 0 saturated carbocycles. The first-order valence-corrected chi connectivity index (χ1v) is 11.1. The Morgan fingerprint density at radius 1 is 0.964 bits per heavy atom. The number of hydrogen-bond acceptors (Lipinski definition) is 3. The third-order valence-electron chi connectivity index (χ3n) is 4.85. The van der Waals surface area contributed by atoms with Gasteiger partial charge in [0.1, 0.15) is 6.54 Å². The molecule has 2 aromatic carbocycles. The fourth-order valence-corrected chi connectivity index (χ4v) is 4.84. The van der Waals surface area contributed by atoms with Gasteiger partial charge in [-0.05, 0) is 42.7 Å². The molecule has 0 spiro atoms. The molecule has 0 aromatic heterocycles. The van der Waals surface area contributed by atoms with Gasteiger partial charge >= 0.3 is 0 Å². The smallest absolute Gasteiger partial charge is 0.251 e. The van der Waals surface area contributed by atoms with Crippen molar-refractivity contribution in [2.45, 2.75) is 30.8 Å². The second-order valence-electron chi connectivity index (χ2n) is 7.52. The lowest BCUT2D eigenvalue weighted by Crippen LogP contribution is -3.04. The predicted octanol–water partition coefficient (Wildman–Crippen LogP) is 1.05. The highest BCUT2D eigenvalue weighted by Gasteiger charge is 2.27. The third-order valence-corrected chi connectivity index (χ3v) is 6.77. The molecule has 0 atom stereocenters. The van der Waals surface area contributed by atoms with Gasteiger partial charge in [-0.3, -0.25) is 4.79 Å². The number of carbonyl (C=O) groups excluding carboxylic acids is 1. The number of nitrogens with one attached hydrogen (secondary N) is 2. The van der Waals surface area contributed by atoms with E-state index in [1.807, 2.05) is 12.1 Å². The minimum Gasteiger partial charge on any atom is -0.348 e. The maximum Gasteiger partial charge on any atom is 0.251 e. The molecule has 0 unspecified atom stereocenters. The average Bonchev–Trinajstić information content (AvgIpc) is 3.22. The second kappa shape index (κ2) is 8.86. The minimum absolute atomic E-state index is 0.216. The van der Waals surface area contributed by atoms with Crippen molar-refractivity contribution in [3.63, 3.8) is 0 Å². The average molecular weight is 403 g/mol. The Morgan fingerprint density at radius 2 is 1.54 bits per heavy atom. The van der Waals surface area contributed by atoms with Crippen molar-refractivity contribution in [2.24, 2.45) is 0 Å². The number of benzene rings is 2. The van der Waals surface area contributed by atoms with Crippen molar-refractivity contribution >= 4 is 15.9 Å². The van der Waals surface area contributed by atoms with E-state index in [4.69, 9.17) is 0 Å². The van der Waals surface area contributed by atoms with Crippen LogP contribution in [-0.4, -0.2) is 45.8 Å². The van der Waals surface area contributed by atoms with E-state index in [0.29, 0.717) is 25.2 Å². The Labute approximate surface area is 167 Å². The number of nitrogens with zero attached hydrogens (tertiary/aromatic N) is 1. The predicted molar refractivity (Wildman–Crippen MR) is 109 cm³/mol. The van der Waals surface area contributed by atoms with E-state index in [1.54, 1.807) is 12.1 Å². The van der Waals surface area contributed by atoms with Gasteiger partial charge in [-0.15, -0.1) is 0 Å². The number of sulfonamides is 1. The molecule has 2 N–H and O–H groups in total. The van der Waals surface area contributed by atoms with Gasteiger partial charge in [0, 0.05) is 30.8 Å². The van der Waals surface area contributed by atoms with E-state index in [-0.39, 0.29) is 10.8 Å². The van der Waals surface area contributed by atoms with E-state index in [2.05, 4.69) is 31.5 Å². The molecule has 2 aromatic rings. The molecule has 3 rings (SSSR count). The van der Waals surface area contributed by atoms with Crippen LogP contribution in [0.5, 0.6) is 0 Å². The molecule has 1 heterocycles. The normalized spacial score (nSPS) is 15.1. The van der Waals surface area contributed by atoms with E-state index in [0.717, 1.165) is 24.9 Å². The maximum atomic E-state index is 12.5. The van der Waals surface area contributed by atoms with Crippen LogP contribution in [0.25, 0.3) is 0 Å². The van der Waals surface area contributed by atoms with E-state index >= 15 is 0 Å². The standard InChI is InChI=1S/C21H27N3O3S/c1-23(2)16-18-7-5-17(6-8-18)15-22-21(25)19-9-11-20(12-10-19)28(26,27)24-13-3-4-14-24/h5-12H,3-4,13-16H2,1-2H3,(H,22,25)/p+1. The summed E-state index contributed by atoms with van der Waals surface area (Å²) in [5.41, 5.74) is 2.73. The number of carbonyl (C=O) groups is 1. The highest BCUT2D eigenvalue weighted by molar-refractivity contribution is 7.89. The van der Waals surface area contributed by atoms with Crippen molar-refractivity contribution in [1.29, 1.82) is 0 Å². The monoisotopic (exact) mass is 402 g/mol. The summed E-state index contributed by atoms with van der Waals surface area (Å²) in [7, 11) is 0.764. The van der Waals surface area contributed by atoms with Gasteiger partial charge in [-0.2, -0.15) is 4.31 Å². The van der Waals surface area contributed by atoms with Crippen LogP contribution in [0.3, 0.4) is 0 Å². The third kappa shape index (κ3) is 4.98. The molecular weight excluding hydrogens is 374 g/mol. The summed E-state index contributed by atoms with van der Waals surface area (Å²) in [6, 6.07) is 14.4. The maximum absolute atomic E-state index is 12.5. The zero-order valence-corrected chi connectivity index (χ0v) is 17.3. The summed E-state index contributed by atoms with van der Waals surface area (Å²) in [5.74, 6) is -0.216. The first-order valence-electron chi connectivity index (χ1n) is 9.61. The molecule has 1 saturated heterocycles. The van der Waals surface area contributed by atoms with Crippen LogP contribution in [0.4, 0.5) is 0 Å². The Morgan fingerprint density at radius 3 is 2.11 bits per heavy atom. The van der Waals surface area contributed by atoms with Crippen LogP contribution in [0.1, 0.15) is 34.3 Å². The van der Waals surface area contributed by atoms with Crippen molar-refractivity contribution in [1.82, 2.24) is 9.62 Å². The van der Waals surface area contributed by atoms with E-state index in [9.17, 15) is 13.2 Å². The SMILES string of the molecule is C[NH+](C)Cc1ccc(CNC(=O)c2ccc(S(=O)(=O)N3CCCC3)cc2)cc1. The lowest BCUT2D eigenvalue weighted by Gasteiger charge is -2.15. The molecule has 150 valence electrons. The van der Waals surface area contributed by atoms with Gasteiger partial charge in [0.25, 0.3) is 5.91 Å². The molecule has 28 heavy (non-hydrogen) atoms. The van der Waals surface area contributed by atoms with Crippen LogP contribution in [0.15, 0.2) is 53.4 Å². The van der Waals surface area contributed by atoms with Gasteiger partial charge in [-0.1, -0.05) is 24.3 Å². The quantitative estimate of drug-likeness (QED) is 0.727. The van der Waals surface area contributed by atoms with Gasteiger partial charge < -0.3 is 10.2 Å². The molecule has 1 aliphatic rings. The highest BCUT2D eigenvalue weighted by atomic mass is 32.2. The van der Waals surface area contributed by atoms with Gasteiger partial charge in [0.05, 0.1) is 19.0 Å². The summed E-state index contributed by atoms with van der Waals surface area (Å²) >= 11 is 0. The largest absolute Gasteiger partial charge is 0.348 e. The van der Waals surface area contributed by atoms with E-state index in [1.165, 1.54) is 26.9 Å². The van der Waals surface area contributed by atoms with Gasteiger partial charge in [-0.25, -0.2) is 8.42 Å². The molecule has 0 aliphatic carbocycles. The van der Waals surface area contributed by atoms with Crippen LogP contribution >= 0.6 is 0 Å². The van der Waals surface area contributed by atoms with Crippen LogP contribution < -0.4 is 10.2 Å². The van der Waals surface area contributed by atoms with E-state index < -0.39 is 10.0 Å². The summed E-state index contributed by atoms with van der Waals surface area (Å²) in [6.45, 7) is 2.53. The lowest BCUT2D eigenvalue weighted by molar-refractivity contribution is -0.872. The molecule has 7 heteroatoms. The number of quaternary nitrogens is 1. The molecule has 1 amide bonds. The molecule has 0 bridgehead atoms. The number of rotatable bonds is 7. The van der Waals surface area contributed by atoms with Gasteiger partial charge in [0.15, 0.2) is 0 Å². The summed E-state index contributed by atoms with van der Waals surface area (Å²) in [4.78, 5) is 14.0. The zero-order chi connectivity index (χ0) is 20.1. The fourth-order valence-electron chi connectivity index (χ4n) is 3.32. The molecule has 6 nitrogen and oxygen atoms in total. The van der Waals surface area contributed by atoms with Crippen molar-refractivity contribution in [3.8, 4) is 0 Å². The Hall–Kier alpha value is -2.22. The summed E-state index contributed by atoms with van der Waals surface area (Å²) in [6.07, 6.45) is 1.80. The highest BCUT2D eigenvalue weighted by Crippen LogP contribution is 2.21. The van der Waals surface area contributed by atoms with Crippen LogP contribution in [0.2, 0.25) is 0 Å². The minimum atomic E-state index is -3.45. The van der Waals surface area contributed by atoms with Crippen molar-refractivity contribution in [3.05, 3.63) is 65.2 Å². The summed E-state index contributed by atoms with van der Waals surface area (Å²) in [5, 5.41) is 2.88. The first kappa shape index (κ1) is 20.5.